The zero-order valence-corrected chi connectivity index (χ0v) is 18.0. The molecule has 0 saturated heterocycles. The smallest absolute Gasteiger partial charge is 0.264 e. The predicted molar refractivity (Wildman–Crippen MR) is 117 cm³/mol. The number of hydrogen-bond acceptors (Lipinski definition) is 4. The maximum atomic E-state index is 13.3. The summed E-state index contributed by atoms with van der Waals surface area (Å²) in [7, 11) is -0.942. The summed E-state index contributed by atoms with van der Waals surface area (Å²) >= 11 is 0. The fourth-order valence-electron chi connectivity index (χ4n) is 3.06. The molecule has 31 heavy (non-hydrogen) atoms. The Bertz CT molecular complexity index is 1140. The Morgan fingerprint density at radius 2 is 1.55 bits per heavy atom. The lowest BCUT2D eigenvalue weighted by Gasteiger charge is -2.27. The third-order valence-electron chi connectivity index (χ3n) is 4.75. The van der Waals surface area contributed by atoms with Crippen LogP contribution in [0.3, 0.4) is 0 Å². The highest BCUT2D eigenvalue weighted by Crippen LogP contribution is 2.24. The van der Waals surface area contributed by atoms with Crippen LogP contribution < -0.4 is 9.04 Å². The van der Waals surface area contributed by atoms with Crippen LogP contribution in [0.15, 0.2) is 83.8 Å². The Hall–Kier alpha value is -3.39. The highest BCUT2D eigenvalue weighted by Gasteiger charge is 2.28. The molecule has 0 spiro atoms. The van der Waals surface area contributed by atoms with Gasteiger partial charge in [-0.2, -0.15) is 0 Å². The lowest BCUT2D eigenvalue weighted by atomic mass is 10.2. The predicted octanol–water partition coefficient (Wildman–Crippen LogP) is 3.69. The van der Waals surface area contributed by atoms with E-state index in [-0.39, 0.29) is 11.4 Å². The summed E-state index contributed by atoms with van der Waals surface area (Å²) in [6.45, 7) is -0.155. The Morgan fingerprint density at radius 1 is 0.935 bits per heavy atom. The van der Waals surface area contributed by atoms with Gasteiger partial charge in [0, 0.05) is 19.2 Å². The monoisotopic (exact) mass is 442 g/mol. The number of carbonyl (C=O) groups excluding carboxylic acids is 1. The summed E-state index contributed by atoms with van der Waals surface area (Å²) in [5.41, 5.74) is 1.14. The van der Waals surface area contributed by atoms with Gasteiger partial charge in [0.1, 0.15) is 18.1 Å². The number of nitrogens with zero attached hydrogens (tertiary/aromatic N) is 2. The highest BCUT2D eigenvalue weighted by atomic mass is 32.2. The molecule has 0 fully saturated rings. The van der Waals surface area contributed by atoms with E-state index in [1.165, 1.54) is 17.0 Å². The molecule has 0 heterocycles. The Labute approximate surface area is 181 Å². The lowest BCUT2D eigenvalue weighted by molar-refractivity contribution is -0.128. The molecule has 1 amide bonds. The minimum atomic E-state index is -4.09. The van der Waals surface area contributed by atoms with Crippen LogP contribution in [0, 0.1) is 5.82 Å². The van der Waals surface area contributed by atoms with Crippen molar-refractivity contribution in [3.8, 4) is 5.75 Å². The molecule has 0 aliphatic carbocycles. The summed E-state index contributed by atoms with van der Waals surface area (Å²) in [6.07, 6.45) is 0. The normalized spacial score (nSPS) is 11.1. The molecule has 0 saturated carbocycles. The highest BCUT2D eigenvalue weighted by molar-refractivity contribution is 7.92. The average Bonchev–Trinajstić information content (AvgIpc) is 2.78. The number of rotatable bonds is 8. The zero-order chi connectivity index (χ0) is 22.4. The van der Waals surface area contributed by atoms with Crippen molar-refractivity contribution in [3.05, 3.63) is 90.2 Å². The first-order valence-electron chi connectivity index (χ1n) is 9.52. The van der Waals surface area contributed by atoms with Gasteiger partial charge in [0.05, 0.1) is 17.7 Å². The van der Waals surface area contributed by atoms with Gasteiger partial charge in [-0.05, 0) is 42.5 Å². The van der Waals surface area contributed by atoms with Crippen molar-refractivity contribution < 1.29 is 22.3 Å². The first kappa shape index (κ1) is 22.3. The van der Waals surface area contributed by atoms with Crippen LogP contribution in [-0.2, 0) is 21.4 Å². The molecule has 3 rings (SSSR count). The van der Waals surface area contributed by atoms with Gasteiger partial charge < -0.3 is 9.64 Å². The van der Waals surface area contributed by atoms with Crippen LogP contribution in [0.2, 0.25) is 0 Å². The summed E-state index contributed by atoms with van der Waals surface area (Å²) in [5.74, 6) is -0.306. The van der Waals surface area contributed by atoms with Gasteiger partial charge in [-0.3, -0.25) is 9.10 Å². The molecule has 6 nitrogen and oxygen atoms in total. The number of ether oxygens (including phenoxy) is 1. The molecule has 0 bridgehead atoms. The number of benzene rings is 3. The van der Waals surface area contributed by atoms with Gasteiger partial charge >= 0.3 is 0 Å². The molecule has 0 aromatic heterocycles. The van der Waals surface area contributed by atoms with Crippen molar-refractivity contribution >= 4 is 21.6 Å². The Morgan fingerprint density at radius 3 is 2.19 bits per heavy atom. The number of para-hydroxylation sites is 2. The van der Waals surface area contributed by atoms with Crippen molar-refractivity contribution in [2.75, 3.05) is 25.0 Å². The number of carbonyl (C=O) groups is 1. The molecule has 0 aliphatic rings. The van der Waals surface area contributed by atoms with E-state index in [9.17, 15) is 17.6 Å². The van der Waals surface area contributed by atoms with Gasteiger partial charge in [-0.15, -0.1) is 0 Å². The van der Waals surface area contributed by atoms with Crippen molar-refractivity contribution in [1.82, 2.24) is 4.90 Å². The van der Waals surface area contributed by atoms with Crippen LogP contribution in [0.5, 0.6) is 5.75 Å². The van der Waals surface area contributed by atoms with E-state index in [2.05, 4.69) is 0 Å². The largest absolute Gasteiger partial charge is 0.496 e. The molecule has 0 N–H and O–H groups in total. The lowest BCUT2D eigenvalue weighted by Crippen LogP contribution is -2.41. The van der Waals surface area contributed by atoms with E-state index in [0.717, 1.165) is 22.0 Å². The van der Waals surface area contributed by atoms with E-state index in [0.29, 0.717) is 11.4 Å². The van der Waals surface area contributed by atoms with E-state index in [1.807, 2.05) is 18.2 Å². The first-order chi connectivity index (χ1) is 14.8. The van der Waals surface area contributed by atoms with Gasteiger partial charge in [0.2, 0.25) is 5.91 Å². The van der Waals surface area contributed by atoms with E-state index >= 15 is 0 Å². The maximum Gasteiger partial charge on any atom is 0.264 e. The molecule has 0 atom stereocenters. The van der Waals surface area contributed by atoms with Gasteiger partial charge in [0.15, 0.2) is 0 Å². The second kappa shape index (κ2) is 9.61. The van der Waals surface area contributed by atoms with Gasteiger partial charge in [-0.1, -0.05) is 36.4 Å². The van der Waals surface area contributed by atoms with Crippen LogP contribution in [0.25, 0.3) is 0 Å². The van der Waals surface area contributed by atoms with Crippen LogP contribution in [0.4, 0.5) is 10.1 Å². The number of anilines is 1. The average molecular weight is 443 g/mol. The Balaban J connectivity index is 1.88. The fraction of sp³-hybridized carbons (Fsp3) is 0.174. The molecule has 0 aliphatic heterocycles. The number of halogens is 1. The minimum Gasteiger partial charge on any atom is -0.496 e. The molecule has 8 heteroatoms. The van der Waals surface area contributed by atoms with Crippen LogP contribution in [0.1, 0.15) is 5.56 Å². The summed E-state index contributed by atoms with van der Waals surface area (Å²) in [4.78, 5) is 14.3. The van der Waals surface area contributed by atoms with Crippen LogP contribution in [-0.4, -0.2) is 39.9 Å². The third-order valence-corrected chi connectivity index (χ3v) is 6.54. The second-order valence-corrected chi connectivity index (χ2v) is 8.73. The number of sulfonamides is 1. The second-order valence-electron chi connectivity index (χ2n) is 6.86. The quantitative estimate of drug-likeness (QED) is 0.534. The van der Waals surface area contributed by atoms with Crippen molar-refractivity contribution in [2.45, 2.75) is 11.4 Å². The van der Waals surface area contributed by atoms with Crippen molar-refractivity contribution in [1.29, 1.82) is 0 Å². The molecule has 3 aromatic carbocycles. The molecule has 3 aromatic rings. The standard InChI is InChI=1S/C23H23FN2O4S/c1-25(16-18-8-6-7-11-22(18)30-2)23(27)17-26(20-9-4-3-5-10-20)31(28,29)21-14-12-19(24)13-15-21/h3-15H,16-17H2,1-2H3. The molecule has 162 valence electrons. The SMILES string of the molecule is COc1ccccc1CN(C)C(=O)CN(c1ccccc1)S(=O)(=O)c1ccc(F)cc1. The number of amides is 1. The Kier molecular flexibility index (Phi) is 6.91. The summed E-state index contributed by atoms with van der Waals surface area (Å²) in [5, 5.41) is 0. The number of hydrogen-bond donors (Lipinski definition) is 0. The molecule has 0 unspecified atom stereocenters. The van der Waals surface area contributed by atoms with Gasteiger partial charge in [-0.25, -0.2) is 12.8 Å². The van der Waals surface area contributed by atoms with Crippen molar-refractivity contribution in [3.63, 3.8) is 0 Å². The summed E-state index contributed by atoms with van der Waals surface area (Å²) < 4.78 is 46.2. The summed E-state index contributed by atoms with van der Waals surface area (Å²) in [6, 6.07) is 20.2. The fourth-order valence-corrected chi connectivity index (χ4v) is 4.48. The zero-order valence-electron chi connectivity index (χ0n) is 17.2. The van der Waals surface area contributed by atoms with Crippen LogP contribution >= 0.6 is 0 Å². The first-order valence-corrected chi connectivity index (χ1v) is 11.0. The van der Waals surface area contributed by atoms with E-state index in [4.69, 9.17) is 4.74 Å². The third kappa shape index (κ3) is 5.21. The van der Waals surface area contributed by atoms with Crippen molar-refractivity contribution in [2.24, 2.45) is 0 Å². The van der Waals surface area contributed by atoms with E-state index < -0.39 is 28.3 Å². The minimum absolute atomic E-state index is 0.0991. The molecular weight excluding hydrogens is 419 g/mol. The topological polar surface area (TPSA) is 66.9 Å². The van der Waals surface area contributed by atoms with Gasteiger partial charge in [0.25, 0.3) is 10.0 Å². The number of likely N-dealkylation sites (N-methyl/N-ethyl adjacent to an activating group) is 1. The van der Waals surface area contributed by atoms with E-state index in [1.54, 1.807) is 50.6 Å². The maximum absolute atomic E-state index is 13.3. The number of methoxy groups -OCH3 is 1. The molecular formula is C23H23FN2O4S. The molecule has 0 radical (unpaired) electrons.